The first kappa shape index (κ1) is 15.2. The first-order valence-electron chi connectivity index (χ1n) is 6.04. The second-order valence-electron chi connectivity index (χ2n) is 4.69. The van der Waals surface area contributed by atoms with Gasteiger partial charge in [-0.25, -0.2) is 19.1 Å². The number of hydrogen-bond donors (Lipinski definition) is 2. The molecule has 1 heterocycles. The predicted octanol–water partition coefficient (Wildman–Crippen LogP) is 0.00612. The lowest BCUT2D eigenvalue weighted by atomic mass is 10.1. The number of aryl methyl sites for hydroxylation is 1. The Labute approximate surface area is 120 Å². The monoisotopic (exact) mass is 310 g/mol. The summed E-state index contributed by atoms with van der Waals surface area (Å²) in [7, 11) is -3.74. The lowest BCUT2D eigenvalue weighted by molar-refractivity contribution is -0.118. The van der Waals surface area contributed by atoms with Crippen LogP contribution in [0.3, 0.4) is 0 Å². The van der Waals surface area contributed by atoms with E-state index < -0.39 is 32.9 Å². The van der Waals surface area contributed by atoms with E-state index in [0.717, 1.165) is 11.6 Å². The minimum absolute atomic E-state index is 0.297. The largest absolute Gasteiger partial charge is 0.423 e. The van der Waals surface area contributed by atoms with E-state index in [4.69, 9.17) is 10.3 Å². The van der Waals surface area contributed by atoms with Crippen molar-refractivity contribution < 1.29 is 17.6 Å². The number of hydrazine groups is 1. The molecule has 0 aliphatic heterocycles. The summed E-state index contributed by atoms with van der Waals surface area (Å²) in [6.07, 6.45) is 0. The third-order valence-corrected chi connectivity index (χ3v) is 4.33. The number of sulfone groups is 1. The summed E-state index contributed by atoms with van der Waals surface area (Å²) in [5, 5.41) is 0.525. The van der Waals surface area contributed by atoms with Crippen molar-refractivity contribution in [1.29, 1.82) is 0 Å². The quantitative estimate of drug-likeness (QED) is 0.355. The molecule has 3 N–H and O–H groups in total. The molecule has 0 bridgehead atoms. The number of nitrogens with one attached hydrogen (secondary N) is 1. The van der Waals surface area contributed by atoms with Crippen LogP contribution in [0.5, 0.6) is 0 Å². The Balaban J connectivity index is 2.47. The molecule has 0 radical (unpaired) electrons. The smallest absolute Gasteiger partial charge is 0.336 e. The average Bonchev–Trinajstić information content (AvgIpc) is 2.36. The van der Waals surface area contributed by atoms with Crippen molar-refractivity contribution in [3.8, 4) is 0 Å². The molecule has 0 aliphatic rings. The summed E-state index contributed by atoms with van der Waals surface area (Å²) in [5.41, 5.74) is 2.62. The Hall–Kier alpha value is -2.19. The fourth-order valence-corrected chi connectivity index (χ4v) is 3.28. The van der Waals surface area contributed by atoms with Crippen LogP contribution >= 0.6 is 0 Å². The van der Waals surface area contributed by atoms with Crippen molar-refractivity contribution in [3.05, 3.63) is 45.8 Å². The van der Waals surface area contributed by atoms with Gasteiger partial charge in [0, 0.05) is 11.5 Å². The van der Waals surface area contributed by atoms with Crippen molar-refractivity contribution in [2.45, 2.75) is 12.7 Å². The third-order valence-electron chi connectivity index (χ3n) is 2.87. The van der Waals surface area contributed by atoms with Crippen molar-refractivity contribution >= 4 is 26.7 Å². The van der Waals surface area contributed by atoms with E-state index in [2.05, 4.69) is 0 Å². The van der Waals surface area contributed by atoms with Crippen LogP contribution < -0.4 is 16.9 Å². The molecule has 0 saturated heterocycles. The summed E-state index contributed by atoms with van der Waals surface area (Å²) in [6.45, 7) is 1.83. The Kier molecular flexibility index (Phi) is 4.10. The number of carbonyl (C=O) groups excluding carboxylic acids is 1. The van der Waals surface area contributed by atoms with Gasteiger partial charge in [-0.15, -0.1) is 0 Å². The highest BCUT2D eigenvalue weighted by atomic mass is 32.2. The van der Waals surface area contributed by atoms with E-state index in [1.165, 1.54) is 0 Å². The first-order chi connectivity index (χ1) is 9.80. The molecule has 1 aromatic carbocycles. The molecule has 0 saturated carbocycles. The number of rotatable bonds is 4. The molecule has 7 nitrogen and oxygen atoms in total. The van der Waals surface area contributed by atoms with Crippen molar-refractivity contribution in [1.82, 2.24) is 5.43 Å². The zero-order valence-corrected chi connectivity index (χ0v) is 12.1. The van der Waals surface area contributed by atoms with E-state index in [1.807, 2.05) is 6.92 Å². The Bertz CT molecular complexity index is 854. The minimum atomic E-state index is -3.74. The third kappa shape index (κ3) is 3.67. The SMILES string of the molecule is Cc1ccc2c(CS(=O)(=O)CC(=O)NN)cc(=O)oc2c1. The van der Waals surface area contributed by atoms with Gasteiger partial charge in [0.2, 0.25) is 5.91 Å². The molecular formula is C13H14N2O5S. The van der Waals surface area contributed by atoms with Gasteiger partial charge in [0.1, 0.15) is 11.3 Å². The fraction of sp³-hybridized carbons (Fsp3) is 0.231. The molecule has 0 unspecified atom stereocenters. The van der Waals surface area contributed by atoms with Crippen LogP contribution in [0.4, 0.5) is 0 Å². The molecule has 112 valence electrons. The molecule has 0 atom stereocenters. The molecule has 1 amide bonds. The molecule has 21 heavy (non-hydrogen) atoms. The van der Waals surface area contributed by atoms with Crippen LogP contribution in [0, 0.1) is 6.92 Å². The summed E-state index contributed by atoms with van der Waals surface area (Å²) in [4.78, 5) is 22.6. The predicted molar refractivity (Wildman–Crippen MR) is 77.0 cm³/mol. The van der Waals surface area contributed by atoms with E-state index in [9.17, 15) is 18.0 Å². The summed E-state index contributed by atoms with van der Waals surface area (Å²) in [5.74, 6) is 2.89. The highest BCUT2D eigenvalue weighted by molar-refractivity contribution is 7.91. The highest BCUT2D eigenvalue weighted by Crippen LogP contribution is 2.20. The summed E-state index contributed by atoms with van der Waals surface area (Å²) >= 11 is 0. The number of amides is 1. The number of fused-ring (bicyclic) bond motifs is 1. The summed E-state index contributed by atoms with van der Waals surface area (Å²) in [6, 6.07) is 6.24. The zero-order valence-electron chi connectivity index (χ0n) is 11.3. The van der Waals surface area contributed by atoms with Crippen LogP contribution in [-0.4, -0.2) is 20.1 Å². The molecule has 2 aromatic rings. The van der Waals surface area contributed by atoms with E-state index >= 15 is 0 Å². The molecule has 0 fully saturated rings. The van der Waals surface area contributed by atoms with Crippen molar-refractivity contribution in [2.75, 3.05) is 5.75 Å². The topological polar surface area (TPSA) is 119 Å². The van der Waals surface area contributed by atoms with Crippen molar-refractivity contribution in [3.63, 3.8) is 0 Å². The maximum absolute atomic E-state index is 11.9. The molecule has 8 heteroatoms. The molecule has 0 spiro atoms. The van der Waals surface area contributed by atoms with Crippen LogP contribution in [0.1, 0.15) is 11.1 Å². The van der Waals surface area contributed by atoms with Gasteiger partial charge in [-0.3, -0.25) is 10.2 Å². The molecule has 0 aliphatic carbocycles. The molecular weight excluding hydrogens is 296 g/mol. The summed E-state index contributed by atoms with van der Waals surface area (Å²) < 4.78 is 28.9. The maximum atomic E-state index is 11.9. The second-order valence-corrected chi connectivity index (χ2v) is 6.75. The molecule has 1 aromatic heterocycles. The van der Waals surface area contributed by atoms with Crippen LogP contribution in [0.25, 0.3) is 11.0 Å². The Morgan fingerprint density at radius 2 is 2.05 bits per heavy atom. The Morgan fingerprint density at radius 3 is 2.71 bits per heavy atom. The number of carbonyl (C=O) groups is 1. The van der Waals surface area contributed by atoms with E-state index in [1.54, 1.807) is 23.6 Å². The van der Waals surface area contributed by atoms with E-state index in [-0.39, 0.29) is 0 Å². The van der Waals surface area contributed by atoms with Gasteiger partial charge in [-0.05, 0) is 24.1 Å². The molecule has 2 rings (SSSR count). The Morgan fingerprint density at radius 1 is 1.33 bits per heavy atom. The lowest BCUT2D eigenvalue weighted by Gasteiger charge is -2.07. The first-order valence-corrected chi connectivity index (χ1v) is 7.86. The van der Waals surface area contributed by atoms with E-state index in [0.29, 0.717) is 16.5 Å². The standard InChI is InChI=1S/C13H14N2O5S/c1-8-2-3-10-9(5-13(17)20-11(10)4-8)6-21(18,19)7-12(16)15-14/h2-5H,6-7,14H2,1H3,(H,15,16). The number of nitrogens with two attached hydrogens (primary N) is 1. The van der Waals surface area contributed by atoms with Crippen LogP contribution in [0.15, 0.2) is 33.5 Å². The van der Waals surface area contributed by atoms with Crippen molar-refractivity contribution in [2.24, 2.45) is 5.84 Å². The lowest BCUT2D eigenvalue weighted by Crippen LogP contribution is -2.35. The van der Waals surface area contributed by atoms with Gasteiger partial charge in [0.25, 0.3) is 0 Å². The van der Waals surface area contributed by atoms with Gasteiger partial charge in [-0.1, -0.05) is 12.1 Å². The van der Waals surface area contributed by atoms with Gasteiger partial charge in [0.15, 0.2) is 9.84 Å². The van der Waals surface area contributed by atoms with Crippen LogP contribution in [-0.2, 0) is 20.4 Å². The van der Waals surface area contributed by atoms with Gasteiger partial charge >= 0.3 is 5.63 Å². The van der Waals surface area contributed by atoms with Crippen LogP contribution in [0.2, 0.25) is 0 Å². The number of benzene rings is 1. The maximum Gasteiger partial charge on any atom is 0.336 e. The second kappa shape index (κ2) is 5.66. The normalized spacial score (nSPS) is 11.5. The highest BCUT2D eigenvalue weighted by Gasteiger charge is 2.19. The van der Waals surface area contributed by atoms with Gasteiger partial charge < -0.3 is 4.42 Å². The fourth-order valence-electron chi connectivity index (χ4n) is 1.99. The number of hydrogen-bond acceptors (Lipinski definition) is 6. The van der Waals surface area contributed by atoms with Gasteiger partial charge in [-0.2, -0.15) is 0 Å². The average molecular weight is 310 g/mol. The minimum Gasteiger partial charge on any atom is -0.423 e. The van der Waals surface area contributed by atoms with Gasteiger partial charge in [0.05, 0.1) is 5.75 Å². The zero-order chi connectivity index (χ0) is 15.6.